The molecule has 0 heterocycles. The van der Waals surface area contributed by atoms with E-state index in [1.54, 1.807) is 12.1 Å². The van der Waals surface area contributed by atoms with Crippen LogP contribution in [0.2, 0.25) is 0 Å². The van der Waals surface area contributed by atoms with E-state index in [2.05, 4.69) is 10.6 Å². The largest absolute Gasteiger partial charge is 0.363 e. The molecule has 0 bridgehead atoms. The average Bonchev–Trinajstić information content (AvgIpc) is 2.04. The van der Waals surface area contributed by atoms with Gasteiger partial charge in [-0.05, 0) is 37.3 Å². The van der Waals surface area contributed by atoms with Crippen LogP contribution in [-0.4, -0.2) is 11.7 Å². The molecule has 2 N–H and O–H groups in total. The predicted molar refractivity (Wildman–Crippen MR) is 56.3 cm³/mol. The summed E-state index contributed by atoms with van der Waals surface area (Å²) in [6, 6.07) is 6.17. The number of halogens is 1. The lowest BCUT2D eigenvalue weighted by atomic mass is 10.3. The maximum Gasteiger partial charge on any atom is 0.170 e. The second kappa shape index (κ2) is 4.77. The smallest absolute Gasteiger partial charge is 0.170 e. The van der Waals surface area contributed by atoms with E-state index in [4.69, 9.17) is 12.2 Å². The molecular formula is C9H11FN2S. The summed E-state index contributed by atoms with van der Waals surface area (Å²) in [6.07, 6.45) is 0. The molecule has 0 unspecified atom stereocenters. The molecule has 0 atom stereocenters. The molecular weight excluding hydrogens is 187 g/mol. The van der Waals surface area contributed by atoms with Gasteiger partial charge in [-0.1, -0.05) is 6.07 Å². The Bertz CT molecular complexity index is 301. The zero-order chi connectivity index (χ0) is 9.68. The summed E-state index contributed by atoms with van der Waals surface area (Å²) < 4.78 is 12.7. The minimum Gasteiger partial charge on any atom is -0.363 e. The van der Waals surface area contributed by atoms with Gasteiger partial charge in [-0.15, -0.1) is 0 Å². The van der Waals surface area contributed by atoms with Crippen molar-refractivity contribution in [3.8, 4) is 0 Å². The lowest BCUT2D eigenvalue weighted by Gasteiger charge is -2.07. The minimum atomic E-state index is -0.274. The Hall–Kier alpha value is -1.16. The van der Waals surface area contributed by atoms with Crippen molar-refractivity contribution in [2.75, 3.05) is 11.9 Å². The Kier molecular flexibility index (Phi) is 3.64. The minimum absolute atomic E-state index is 0.274. The fraction of sp³-hybridized carbons (Fsp3) is 0.222. The quantitative estimate of drug-likeness (QED) is 0.712. The van der Waals surface area contributed by atoms with Gasteiger partial charge in [0.1, 0.15) is 5.82 Å². The van der Waals surface area contributed by atoms with Gasteiger partial charge in [-0.2, -0.15) is 0 Å². The van der Waals surface area contributed by atoms with Crippen LogP contribution in [0.1, 0.15) is 6.92 Å². The van der Waals surface area contributed by atoms with Gasteiger partial charge >= 0.3 is 0 Å². The van der Waals surface area contributed by atoms with Crippen molar-refractivity contribution in [2.45, 2.75) is 6.92 Å². The van der Waals surface area contributed by atoms with Crippen LogP contribution in [0.25, 0.3) is 0 Å². The number of hydrogen-bond acceptors (Lipinski definition) is 1. The SMILES string of the molecule is CCNC(=S)Nc1cccc(F)c1. The molecule has 0 fully saturated rings. The second-order valence-corrected chi connectivity index (χ2v) is 2.90. The third-order valence-electron chi connectivity index (χ3n) is 1.42. The number of benzene rings is 1. The van der Waals surface area contributed by atoms with E-state index in [-0.39, 0.29) is 5.82 Å². The maximum atomic E-state index is 12.7. The molecule has 4 heteroatoms. The number of nitrogens with one attached hydrogen (secondary N) is 2. The second-order valence-electron chi connectivity index (χ2n) is 2.49. The van der Waals surface area contributed by atoms with Crippen molar-refractivity contribution in [1.82, 2.24) is 5.32 Å². The molecule has 0 radical (unpaired) electrons. The zero-order valence-corrected chi connectivity index (χ0v) is 8.12. The standard InChI is InChI=1S/C9H11FN2S/c1-2-11-9(13)12-8-5-3-4-7(10)6-8/h3-6H,2H2,1H3,(H2,11,12,13). The van der Waals surface area contributed by atoms with Gasteiger partial charge in [0.2, 0.25) is 0 Å². The van der Waals surface area contributed by atoms with E-state index in [9.17, 15) is 4.39 Å². The fourth-order valence-electron chi connectivity index (χ4n) is 0.902. The van der Waals surface area contributed by atoms with Crippen LogP contribution in [0.4, 0.5) is 10.1 Å². The van der Waals surface area contributed by atoms with Crippen LogP contribution in [0.5, 0.6) is 0 Å². The summed E-state index contributed by atoms with van der Waals surface area (Å²) in [5.41, 5.74) is 0.658. The molecule has 1 rings (SSSR count). The van der Waals surface area contributed by atoms with E-state index < -0.39 is 0 Å². The normalized spacial score (nSPS) is 9.38. The molecule has 0 aliphatic carbocycles. The predicted octanol–water partition coefficient (Wildman–Crippen LogP) is 2.13. The Morgan fingerprint density at radius 3 is 2.92 bits per heavy atom. The van der Waals surface area contributed by atoms with Gasteiger partial charge in [-0.3, -0.25) is 0 Å². The molecule has 1 aromatic rings. The summed E-state index contributed by atoms with van der Waals surface area (Å²) >= 11 is 4.93. The monoisotopic (exact) mass is 198 g/mol. The molecule has 0 aromatic heterocycles. The van der Waals surface area contributed by atoms with Crippen LogP contribution in [0.3, 0.4) is 0 Å². The van der Waals surface area contributed by atoms with E-state index >= 15 is 0 Å². The molecule has 0 saturated heterocycles. The van der Waals surface area contributed by atoms with Crippen molar-refractivity contribution < 1.29 is 4.39 Å². The maximum absolute atomic E-state index is 12.7. The van der Waals surface area contributed by atoms with E-state index in [1.807, 2.05) is 6.92 Å². The van der Waals surface area contributed by atoms with Crippen molar-refractivity contribution in [3.63, 3.8) is 0 Å². The van der Waals surface area contributed by atoms with Gasteiger partial charge in [0.25, 0.3) is 0 Å². The van der Waals surface area contributed by atoms with Crippen molar-refractivity contribution in [3.05, 3.63) is 30.1 Å². The topological polar surface area (TPSA) is 24.1 Å². The number of rotatable bonds is 2. The Labute approximate surface area is 82.2 Å². The molecule has 0 aliphatic heterocycles. The first-order chi connectivity index (χ1) is 6.22. The summed E-state index contributed by atoms with van der Waals surface area (Å²) in [5.74, 6) is -0.274. The van der Waals surface area contributed by atoms with Gasteiger partial charge in [0, 0.05) is 12.2 Å². The van der Waals surface area contributed by atoms with Crippen molar-refractivity contribution in [1.29, 1.82) is 0 Å². The Balaban J connectivity index is 2.58. The van der Waals surface area contributed by atoms with Gasteiger partial charge in [-0.25, -0.2) is 4.39 Å². The molecule has 0 spiro atoms. The van der Waals surface area contributed by atoms with Crippen LogP contribution < -0.4 is 10.6 Å². The van der Waals surface area contributed by atoms with Crippen LogP contribution in [0.15, 0.2) is 24.3 Å². The van der Waals surface area contributed by atoms with Crippen LogP contribution in [-0.2, 0) is 0 Å². The number of anilines is 1. The highest BCUT2D eigenvalue weighted by atomic mass is 32.1. The number of thiocarbonyl (C=S) groups is 1. The molecule has 13 heavy (non-hydrogen) atoms. The highest BCUT2D eigenvalue weighted by Crippen LogP contribution is 2.08. The molecule has 1 aromatic carbocycles. The first-order valence-electron chi connectivity index (χ1n) is 4.03. The summed E-state index contributed by atoms with van der Waals surface area (Å²) in [4.78, 5) is 0. The summed E-state index contributed by atoms with van der Waals surface area (Å²) in [5, 5.41) is 6.28. The lowest BCUT2D eigenvalue weighted by Crippen LogP contribution is -2.27. The van der Waals surface area contributed by atoms with Gasteiger partial charge in [0.05, 0.1) is 0 Å². The van der Waals surface area contributed by atoms with Crippen LogP contribution >= 0.6 is 12.2 Å². The fourth-order valence-corrected chi connectivity index (χ4v) is 1.16. The first kappa shape index (κ1) is 9.92. The highest BCUT2D eigenvalue weighted by Gasteiger charge is 1.96. The van der Waals surface area contributed by atoms with Gasteiger partial charge < -0.3 is 10.6 Å². The van der Waals surface area contributed by atoms with E-state index in [0.717, 1.165) is 6.54 Å². The zero-order valence-electron chi connectivity index (χ0n) is 7.30. The van der Waals surface area contributed by atoms with Crippen molar-refractivity contribution in [2.24, 2.45) is 0 Å². The Morgan fingerprint density at radius 2 is 2.31 bits per heavy atom. The summed E-state index contributed by atoms with van der Waals surface area (Å²) in [6.45, 7) is 2.70. The third-order valence-corrected chi connectivity index (χ3v) is 1.67. The third kappa shape index (κ3) is 3.38. The summed E-state index contributed by atoms with van der Waals surface area (Å²) in [7, 11) is 0. The van der Waals surface area contributed by atoms with Crippen molar-refractivity contribution >= 4 is 23.0 Å². The molecule has 0 saturated carbocycles. The van der Waals surface area contributed by atoms with Crippen LogP contribution in [0, 0.1) is 5.82 Å². The first-order valence-corrected chi connectivity index (χ1v) is 4.43. The number of hydrogen-bond donors (Lipinski definition) is 2. The van der Waals surface area contributed by atoms with Gasteiger partial charge in [0.15, 0.2) is 5.11 Å². The molecule has 0 aliphatic rings. The van der Waals surface area contributed by atoms with E-state index in [1.165, 1.54) is 12.1 Å². The molecule has 0 amide bonds. The molecule has 2 nitrogen and oxygen atoms in total. The Morgan fingerprint density at radius 1 is 1.54 bits per heavy atom. The average molecular weight is 198 g/mol. The molecule has 70 valence electrons. The highest BCUT2D eigenvalue weighted by molar-refractivity contribution is 7.80. The van der Waals surface area contributed by atoms with E-state index in [0.29, 0.717) is 10.8 Å². The lowest BCUT2D eigenvalue weighted by molar-refractivity contribution is 0.628.